The number of pyridine rings is 1. The molecule has 8 heteroatoms. The fourth-order valence-corrected chi connectivity index (χ4v) is 2.59. The third-order valence-electron chi connectivity index (χ3n) is 3.61. The third kappa shape index (κ3) is 3.55. The zero-order valence-corrected chi connectivity index (χ0v) is 11.8. The fraction of sp³-hybridized carbons (Fsp3) is 0.500. The molecule has 1 fully saturated rings. The highest BCUT2D eigenvalue weighted by molar-refractivity contribution is 5.94. The number of carbonyl (C=O) groups excluding carboxylic acids is 1. The van der Waals surface area contributed by atoms with Gasteiger partial charge in [-0.2, -0.15) is 13.2 Å². The lowest BCUT2D eigenvalue weighted by Gasteiger charge is -2.34. The van der Waals surface area contributed by atoms with Gasteiger partial charge in [0.1, 0.15) is 0 Å². The molecule has 1 aromatic rings. The van der Waals surface area contributed by atoms with Crippen LogP contribution in [0.4, 0.5) is 13.2 Å². The summed E-state index contributed by atoms with van der Waals surface area (Å²) in [6.45, 7) is 2.12. The first-order valence-electron chi connectivity index (χ1n) is 6.72. The van der Waals surface area contributed by atoms with Crippen molar-refractivity contribution in [3.05, 3.63) is 29.6 Å². The Bertz CT molecular complexity index is 589. The molecule has 0 bridgehead atoms. The number of carboxylic acid groups (broad SMARTS) is 1. The Kier molecular flexibility index (Phi) is 4.39. The van der Waals surface area contributed by atoms with Crippen molar-refractivity contribution in [2.24, 2.45) is 11.8 Å². The van der Waals surface area contributed by atoms with Crippen molar-refractivity contribution in [2.45, 2.75) is 19.5 Å². The number of halogens is 3. The van der Waals surface area contributed by atoms with E-state index in [1.165, 1.54) is 4.90 Å². The van der Waals surface area contributed by atoms with E-state index in [0.29, 0.717) is 19.2 Å². The summed E-state index contributed by atoms with van der Waals surface area (Å²) in [6.07, 6.45) is -2.43. The van der Waals surface area contributed by atoms with Gasteiger partial charge in [-0.1, -0.05) is 6.92 Å². The molecule has 2 atom stereocenters. The van der Waals surface area contributed by atoms with Crippen LogP contribution in [0.2, 0.25) is 0 Å². The molecule has 0 aromatic carbocycles. The van der Waals surface area contributed by atoms with Crippen LogP contribution in [0.3, 0.4) is 0 Å². The molecule has 22 heavy (non-hydrogen) atoms. The van der Waals surface area contributed by atoms with E-state index in [1.807, 2.05) is 0 Å². The number of hydrogen-bond donors (Lipinski definition) is 1. The molecule has 1 N–H and O–H groups in total. The van der Waals surface area contributed by atoms with Crippen molar-refractivity contribution in [1.29, 1.82) is 0 Å². The second-order valence-electron chi connectivity index (χ2n) is 5.55. The van der Waals surface area contributed by atoms with E-state index in [4.69, 9.17) is 5.11 Å². The topological polar surface area (TPSA) is 70.5 Å². The van der Waals surface area contributed by atoms with Crippen LogP contribution < -0.4 is 0 Å². The van der Waals surface area contributed by atoms with Crippen molar-refractivity contribution in [3.63, 3.8) is 0 Å². The first kappa shape index (κ1) is 16.3. The monoisotopic (exact) mass is 316 g/mol. The minimum Gasteiger partial charge on any atom is -0.481 e. The van der Waals surface area contributed by atoms with Crippen molar-refractivity contribution in [1.82, 2.24) is 9.88 Å². The Balaban J connectivity index is 2.22. The van der Waals surface area contributed by atoms with Gasteiger partial charge >= 0.3 is 12.1 Å². The highest BCUT2D eigenvalue weighted by atomic mass is 19.4. The summed E-state index contributed by atoms with van der Waals surface area (Å²) in [4.78, 5) is 28.1. The Morgan fingerprint density at radius 1 is 1.32 bits per heavy atom. The van der Waals surface area contributed by atoms with Gasteiger partial charge in [0.15, 0.2) is 0 Å². The number of piperidine rings is 1. The number of carboxylic acids is 1. The van der Waals surface area contributed by atoms with Crippen molar-refractivity contribution >= 4 is 11.9 Å². The molecule has 1 aliphatic heterocycles. The number of nitrogens with zero attached hydrogens (tertiary/aromatic N) is 2. The van der Waals surface area contributed by atoms with E-state index in [0.717, 1.165) is 12.3 Å². The van der Waals surface area contributed by atoms with E-state index in [1.54, 1.807) is 6.92 Å². The summed E-state index contributed by atoms with van der Waals surface area (Å²) in [6, 6.07) is 0.740. The Morgan fingerprint density at radius 3 is 2.59 bits per heavy atom. The lowest BCUT2D eigenvalue weighted by molar-refractivity contribution is -0.143. The number of alkyl halides is 3. The van der Waals surface area contributed by atoms with E-state index in [2.05, 4.69) is 4.98 Å². The van der Waals surface area contributed by atoms with Crippen LogP contribution >= 0.6 is 0 Å². The number of rotatable bonds is 2. The average molecular weight is 316 g/mol. The molecule has 1 saturated heterocycles. The summed E-state index contributed by atoms with van der Waals surface area (Å²) in [5.41, 5.74) is -1.19. The minimum atomic E-state index is -4.58. The average Bonchev–Trinajstić information content (AvgIpc) is 2.45. The van der Waals surface area contributed by atoms with Crippen LogP contribution in [0, 0.1) is 11.8 Å². The van der Waals surface area contributed by atoms with Gasteiger partial charge < -0.3 is 10.0 Å². The first-order chi connectivity index (χ1) is 10.2. The maximum absolute atomic E-state index is 12.7. The molecule has 2 unspecified atom stereocenters. The maximum atomic E-state index is 12.7. The van der Waals surface area contributed by atoms with E-state index >= 15 is 0 Å². The molecular weight excluding hydrogens is 301 g/mol. The molecule has 120 valence electrons. The summed E-state index contributed by atoms with van der Waals surface area (Å²) >= 11 is 0. The molecule has 2 rings (SSSR count). The van der Waals surface area contributed by atoms with E-state index < -0.39 is 29.5 Å². The lowest BCUT2D eigenvalue weighted by atomic mass is 9.90. The molecule has 5 nitrogen and oxygen atoms in total. The lowest BCUT2D eigenvalue weighted by Crippen LogP contribution is -2.45. The summed E-state index contributed by atoms with van der Waals surface area (Å²) in [7, 11) is 0. The number of aromatic nitrogens is 1. The van der Waals surface area contributed by atoms with Crippen LogP contribution in [0.5, 0.6) is 0 Å². The van der Waals surface area contributed by atoms with Crippen LogP contribution in [-0.2, 0) is 11.0 Å². The maximum Gasteiger partial charge on any atom is 0.417 e. The Hall–Kier alpha value is -2.12. The number of carbonyl (C=O) groups is 2. The van der Waals surface area contributed by atoms with Gasteiger partial charge in [-0.05, 0) is 18.4 Å². The van der Waals surface area contributed by atoms with Crippen LogP contribution in [0.15, 0.2) is 18.5 Å². The highest BCUT2D eigenvalue weighted by Crippen LogP contribution is 2.29. The van der Waals surface area contributed by atoms with Gasteiger partial charge in [0.25, 0.3) is 5.91 Å². The molecule has 1 aliphatic rings. The smallest absolute Gasteiger partial charge is 0.417 e. The molecule has 0 aliphatic carbocycles. The molecule has 0 radical (unpaired) electrons. The predicted octanol–water partition coefficient (Wildman–Crippen LogP) is 2.28. The number of likely N-dealkylation sites (tertiary alicyclic amines) is 1. The van der Waals surface area contributed by atoms with Gasteiger partial charge in [0, 0.05) is 25.5 Å². The van der Waals surface area contributed by atoms with Crippen LogP contribution in [0.25, 0.3) is 0 Å². The molecular formula is C14H15F3N2O3. The SMILES string of the molecule is CC1CC(C(=O)O)CN(C(=O)c2cncc(C(F)(F)F)c2)C1. The second-order valence-corrected chi connectivity index (χ2v) is 5.55. The molecule has 0 spiro atoms. The molecule has 2 heterocycles. The quantitative estimate of drug-likeness (QED) is 0.909. The summed E-state index contributed by atoms with van der Waals surface area (Å²) < 4.78 is 38.0. The van der Waals surface area contributed by atoms with Crippen LogP contribution in [-0.4, -0.2) is 40.0 Å². The number of hydrogen-bond acceptors (Lipinski definition) is 3. The van der Waals surface area contributed by atoms with Crippen LogP contribution in [0.1, 0.15) is 29.3 Å². The standard InChI is InChI=1S/C14H15F3N2O3/c1-8-2-10(13(21)22)7-19(6-8)12(20)9-3-11(5-18-4-9)14(15,16)17/h3-5,8,10H,2,6-7H2,1H3,(H,21,22). The summed E-state index contributed by atoms with van der Waals surface area (Å²) in [5, 5.41) is 9.08. The molecule has 1 aromatic heterocycles. The minimum absolute atomic E-state index is 0.00521. The van der Waals surface area contributed by atoms with Gasteiger partial charge in [-0.25, -0.2) is 0 Å². The van der Waals surface area contributed by atoms with Gasteiger partial charge in [0.05, 0.1) is 17.0 Å². The molecule has 0 saturated carbocycles. The second kappa shape index (κ2) is 5.94. The Labute approximate surface area is 124 Å². The fourth-order valence-electron chi connectivity index (χ4n) is 2.59. The van der Waals surface area contributed by atoms with E-state index in [9.17, 15) is 22.8 Å². The zero-order valence-electron chi connectivity index (χ0n) is 11.8. The number of amides is 1. The van der Waals surface area contributed by atoms with E-state index in [-0.39, 0.29) is 18.0 Å². The van der Waals surface area contributed by atoms with Gasteiger partial charge in [-0.3, -0.25) is 14.6 Å². The van der Waals surface area contributed by atoms with Gasteiger partial charge in [0.2, 0.25) is 0 Å². The first-order valence-corrected chi connectivity index (χ1v) is 6.72. The summed E-state index contributed by atoms with van der Waals surface area (Å²) in [5.74, 6) is -2.37. The molecule has 1 amide bonds. The predicted molar refractivity (Wildman–Crippen MR) is 70.0 cm³/mol. The Morgan fingerprint density at radius 2 is 2.00 bits per heavy atom. The zero-order chi connectivity index (χ0) is 16.5. The number of aliphatic carboxylic acids is 1. The highest BCUT2D eigenvalue weighted by Gasteiger charge is 2.34. The van der Waals surface area contributed by atoms with Crippen molar-refractivity contribution in [3.8, 4) is 0 Å². The third-order valence-corrected chi connectivity index (χ3v) is 3.61. The largest absolute Gasteiger partial charge is 0.481 e. The van der Waals surface area contributed by atoms with Crippen molar-refractivity contribution in [2.75, 3.05) is 13.1 Å². The normalized spacial score (nSPS) is 22.5. The van der Waals surface area contributed by atoms with Gasteiger partial charge in [-0.15, -0.1) is 0 Å². The van der Waals surface area contributed by atoms with Crippen molar-refractivity contribution < 1.29 is 27.9 Å².